The van der Waals surface area contributed by atoms with Gasteiger partial charge in [-0.3, -0.25) is 9.59 Å². The first kappa shape index (κ1) is 19.5. The van der Waals surface area contributed by atoms with Gasteiger partial charge in [-0.1, -0.05) is 54.1 Å². The number of rotatable bonds is 7. The summed E-state index contributed by atoms with van der Waals surface area (Å²) in [6.07, 6.45) is 0.304. The minimum absolute atomic E-state index is 0.101. The highest BCUT2D eigenvalue weighted by molar-refractivity contribution is 6.32. The maximum Gasteiger partial charge on any atom is 0.262 e. The Morgan fingerprint density at radius 1 is 0.750 bits per heavy atom. The fourth-order valence-corrected chi connectivity index (χ4v) is 2.72. The lowest BCUT2D eigenvalue weighted by atomic mass is 10.1. The lowest BCUT2D eigenvalue weighted by Crippen LogP contribution is -2.20. The van der Waals surface area contributed by atoms with Crippen LogP contribution in [0, 0.1) is 0 Å². The van der Waals surface area contributed by atoms with Crippen molar-refractivity contribution in [3.05, 3.63) is 89.4 Å². The van der Waals surface area contributed by atoms with Gasteiger partial charge in [0, 0.05) is 11.4 Å². The van der Waals surface area contributed by atoms with E-state index in [1.807, 2.05) is 30.3 Å². The molecule has 3 rings (SSSR count). The molecule has 28 heavy (non-hydrogen) atoms. The van der Waals surface area contributed by atoms with Crippen molar-refractivity contribution in [1.82, 2.24) is 0 Å². The zero-order chi connectivity index (χ0) is 19.8. The maximum absolute atomic E-state index is 12.1. The molecule has 0 aromatic heterocycles. The summed E-state index contributed by atoms with van der Waals surface area (Å²) >= 11 is 5.99. The van der Waals surface area contributed by atoms with Crippen LogP contribution in [0.25, 0.3) is 0 Å². The van der Waals surface area contributed by atoms with Crippen LogP contribution in [-0.2, 0) is 16.0 Å². The number of para-hydroxylation sites is 1. The summed E-state index contributed by atoms with van der Waals surface area (Å²) in [5, 5.41) is 6.02. The van der Waals surface area contributed by atoms with Crippen LogP contribution >= 0.6 is 11.6 Å². The highest BCUT2D eigenvalue weighted by Gasteiger charge is 2.07. The quantitative estimate of drug-likeness (QED) is 0.618. The van der Waals surface area contributed by atoms with Crippen molar-refractivity contribution in [1.29, 1.82) is 0 Å². The van der Waals surface area contributed by atoms with Gasteiger partial charge in [0.2, 0.25) is 5.91 Å². The lowest BCUT2D eigenvalue weighted by Gasteiger charge is -2.10. The zero-order valence-electron chi connectivity index (χ0n) is 15.0. The molecule has 0 unspecified atom stereocenters. The van der Waals surface area contributed by atoms with Gasteiger partial charge in [-0.25, -0.2) is 0 Å². The number of hydrogen-bond acceptors (Lipinski definition) is 3. The summed E-state index contributed by atoms with van der Waals surface area (Å²) in [5.74, 6) is 0.0488. The maximum atomic E-state index is 12.1. The number of carbonyl (C=O) groups is 2. The second-order valence-electron chi connectivity index (χ2n) is 6.06. The molecule has 2 N–H and O–H groups in total. The molecule has 0 saturated heterocycles. The summed E-state index contributed by atoms with van der Waals surface area (Å²) in [5.41, 5.74) is 2.21. The third-order valence-corrected chi connectivity index (χ3v) is 4.17. The van der Waals surface area contributed by atoms with Crippen LogP contribution in [0.2, 0.25) is 5.02 Å². The Bertz CT molecular complexity index is 944. The van der Waals surface area contributed by atoms with Crippen LogP contribution in [0.1, 0.15) is 5.56 Å². The number of amides is 2. The predicted molar refractivity (Wildman–Crippen MR) is 111 cm³/mol. The van der Waals surface area contributed by atoms with E-state index in [0.717, 1.165) is 5.56 Å². The van der Waals surface area contributed by atoms with E-state index in [1.54, 1.807) is 48.5 Å². The Kier molecular flexibility index (Phi) is 6.65. The van der Waals surface area contributed by atoms with Crippen LogP contribution in [0.4, 0.5) is 11.4 Å². The van der Waals surface area contributed by atoms with Gasteiger partial charge in [0.15, 0.2) is 6.61 Å². The molecule has 0 bridgehead atoms. The summed E-state index contributed by atoms with van der Waals surface area (Å²) < 4.78 is 5.40. The van der Waals surface area contributed by atoms with Gasteiger partial charge >= 0.3 is 0 Å². The first-order valence-electron chi connectivity index (χ1n) is 8.71. The van der Waals surface area contributed by atoms with Gasteiger partial charge in [-0.05, 0) is 42.0 Å². The topological polar surface area (TPSA) is 67.4 Å². The highest BCUT2D eigenvalue weighted by Crippen LogP contribution is 2.23. The predicted octanol–water partition coefficient (Wildman–Crippen LogP) is 4.54. The monoisotopic (exact) mass is 394 g/mol. The Balaban J connectivity index is 1.48. The number of ether oxygens (including phenoxy) is 1. The SMILES string of the molecule is O=C(COc1ccccc1Cl)Nc1ccc(NC(=O)Cc2ccccc2)cc1. The van der Waals surface area contributed by atoms with Crippen LogP contribution in [0.5, 0.6) is 5.75 Å². The average Bonchev–Trinajstić information content (AvgIpc) is 2.69. The van der Waals surface area contributed by atoms with Gasteiger partial charge in [-0.2, -0.15) is 0 Å². The van der Waals surface area contributed by atoms with E-state index in [9.17, 15) is 9.59 Å². The number of carbonyl (C=O) groups excluding carboxylic acids is 2. The van der Waals surface area contributed by atoms with Crippen LogP contribution in [-0.4, -0.2) is 18.4 Å². The molecule has 142 valence electrons. The van der Waals surface area contributed by atoms with E-state index in [2.05, 4.69) is 10.6 Å². The number of halogens is 1. The molecule has 0 aliphatic carbocycles. The van der Waals surface area contributed by atoms with Crippen LogP contribution < -0.4 is 15.4 Å². The van der Waals surface area contributed by atoms with E-state index in [4.69, 9.17) is 16.3 Å². The molecule has 0 aliphatic rings. The molecule has 0 fully saturated rings. The molecule has 0 atom stereocenters. The van der Waals surface area contributed by atoms with Crippen molar-refractivity contribution < 1.29 is 14.3 Å². The molecule has 6 heteroatoms. The molecule has 3 aromatic rings. The number of nitrogens with one attached hydrogen (secondary N) is 2. The normalized spacial score (nSPS) is 10.2. The Morgan fingerprint density at radius 2 is 1.32 bits per heavy atom. The second-order valence-corrected chi connectivity index (χ2v) is 6.46. The zero-order valence-corrected chi connectivity index (χ0v) is 15.8. The van der Waals surface area contributed by atoms with Gasteiger partial charge < -0.3 is 15.4 Å². The van der Waals surface area contributed by atoms with Gasteiger partial charge in [0.05, 0.1) is 11.4 Å². The minimum atomic E-state index is -0.305. The fraction of sp³-hybridized carbons (Fsp3) is 0.0909. The first-order valence-corrected chi connectivity index (χ1v) is 9.09. The van der Waals surface area contributed by atoms with Crippen molar-refractivity contribution in [2.75, 3.05) is 17.2 Å². The fourth-order valence-electron chi connectivity index (χ4n) is 2.53. The number of hydrogen-bond donors (Lipinski definition) is 2. The molecule has 0 saturated carbocycles. The molecule has 0 aliphatic heterocycles. The van der Waals surface area contributed by atoms with E-state index >= 15 is 0 Å². The van der Waals surface area contributed by atoms with E-state index in [-0.39, 0.29) is 18.4 Å². The van der Waals surface area contributed by atoms with Crippen molar-refractivity contribution >= 4 is 34.8 Å². The van der Waals surface area contributed by atoms with Crippen molar-refractivity contribution in [2.45, 2.75) is 6.42 Å². The first-order chi connectivity index (χ1) is 13.6. The lowest BCUT2D eigenvalue weighted by molar-refractivity contribution is -0.118. The molecule has 0 radical (unpaired) electrons. The van der Waals surface area contributed by atoms with Crippen LogP contribution in [0.3, 0.4) is 0 Å². The van der Waals surface area contributed by atoms with Gasteiger partial charge in [-0.15, -0.1) is 0 Å². The summed E-state index contributed by atoms with van der Waals surface area (Å²) in [4.78, 5) is 24.1. The van der Waals surface area contributed by atoms with Crippen molar-refractivity contribution in [2.24, 2.45) is 0 Å². The Labute approximate surface area is 168 Å². The molecule has 2 amide bonds. The smallest absolute Gasteiger partial charge is 0.262 e. The summed E-state index contributed by atoms with van der Waals surface area (Å²) in [7, 11) is 0. The van der Waals surface area contributed by atoms with E-state index in [1.165, 1.54) is 0 Å². The summed E-state index contributed by atoms with van der Waals surface area (Å²) in [6.45, 7) is -0.153. The molecular formula is C22H19ClN2O3. The molecular weight excluding hydrogens is 376 g/mol. The molecule has 3 aromatic carbocycles. The minimum Gasteiger partial charge on any atom is -0.482 e. The van der Waals surface area contributed by atoms with Crippen molar-refractivity contribution in [3.63, 3.8) is 0 Å². The average molecular weight is 395 g/mol. The second kappa shape index (κ2) is 9.58. The third-order valence-electron chi connectivity index (χ3n) is 3.86. The van der Waals surface area contributed by atoms with E-state index in [0.29, 0.717) is 28.6 Å². The standard InChI is InChI=1S/C22H19ClN2O3/c23-19-8-4-5-9-20(19)28-15-22(27)25-18-12-10-17(11-13-18)24-21(26)14-16-6-2-1-3-7-16/h1-13H,14-15H2,(H,24,26)(H,25,27). The highest BCUT2D eigenvalue weighted by atomic mass is 35.5. The summed E-state index contributed by atoms with van der Waals surface area (Å²) in [6, 6.07) is 23.4. The number of anilines is 2. The van der Waals surface area contributed by atoms with Crippen LogP contribution in [0.15, 0.2) is 78.9 Å². The van der Waals surface area contributed by atoms with Gasteiger partial charge in [0.25, 0.3) is 5.91 Å². The van der Waals surface area contributed by atoms with Gasteiger partial charge in [0.1, 0.15) is 5.75 Å². The molecule has 0 spiro atoms. The number of benzene rings is 3. The third kappa shape index (κ3) is 5.86. The van der Waals surface area contributed by atoms with E-state index < -0.39 is 0 Å². The van der Waals surface area contributed by atoms with Crippen molar-refractivity contribution in [3.8, 4) is 5.75 Å². The Morgan fingerprint density at radius 3 is 1.96 bits per heavy atom. The molecule has 5 nitrogen and oxygen atoms in total. The Hall–Kier alpha value is -3.31. The molecule has 0 heterocycles. The largest absolute Gasteiger partial charge is 0.482 e.